The van der Waals surface area contributed by atoms with E-state index in [0.29, 0.717) is 5.56 Å². The predicted molar refractivity (Wildman–Crippen MR) is 88.3 cm³/mol. The average molecular weight is 326 g/mol. The molecule has 0 radical (unpaired) electrons. The summed E-state index contributed by atoms with van der Waals surface area (Å²) in [7, 11) is -3.88. The van der Waals surface area contributed by atoms with Gasteiger partial charge in [-0.05, 0) is 48.0 Å². The molecular formula is C18H14O4S. The Kier molecular flexibility index (Phi) is 3.88. The molecule has 0 unspecified atom stereocenters. The molecule has 0 aliphatic heterocycles. The van der Waals surface area contributed by atoms with Crippen molar-refractivity contribution in [2.24, 2.45) is 0 Å². The molecule has 0 amide bonds. The standard InChI is InChI=1S/C18H14O4S/c1-13-5-8-17(9-6-13)23(20,21)22-16-7-10-18-14(11-16)3-2-4-15(18)12-19/h2-12H,1H3. The van der Waals surface area contributed by atoms with E-state index in [4.69, 9.17) is 4.18 Å². The normalized spacial score (nSPS) is 11.3. The quantitative estimate of drug-likeness (QED) is 0.541. The number of benzene rings is 3. The molecule has 0 atom stereocenters. The Morgan fingerprint density at radius 1 is 0.957 bits per heavy atom. The van der Waals surface area contributed by atoms with Crippen LogP contribution in [0.4, 0.5) is 0 Å². The molecule has 3 aromatic rings. The van der Waals surface area contributed by atoms with E-state index in [9.17, 15) is 13.2 Å². The maximum Gasteiger partial charge on any atom is 0.339 e. The Morgan fingerprint density at radius 3 is 2.39 bits per heavy atom. The molecule has 5 heteroatoms. The Bertz CT molecular complexity index is 974. The number of hydrogen-bond acceptors (Lipinski definition) is 4. The lowest BCUT2D eigenvalue weighted by Gasteiger charge is -2.09. The molecule has 4 nitrogen and oxygen atoms in total. The molecule has 0 bridgehead atoms. The number of fused-ring (bicyclic) bond motifs is 1. The molecule has 0 aliphatic carbocycles. The first-order chi connectivity index (χ1) is 11.0. The van der Waals surface area contributed by atoms with Gasteiger partial charge in [0.25, 0.3) is 0 Å². The van der Waals surface area contributed by atoms with Gasteiger partial charge in [0.1, 0.15) is 10.6 Å². The van der Waals surface area contributed by atoms with Gasteiger partial charge in [0.2, 0.25) is 0 Å². The third-order valence-electron chi connectivity index (χ3n) is 3.53. The van der Waals surface area contributed by atoms with Crippen LogP contribution < -0.4 is 4.18 Å². The van der Waals surface area contributed by atoms with Crippen LogP contribution in [-0.2, 0) is 10.1 Å². The minimum atomic E-state index is -3.88. The highest BCUT2D eigenvalue weighted by atomic mass is 32.2. The van der Waals surface area contributed by atoms with Crippen molar-refractivity contribution in [1.29, 1.82) is 0 Å². The van der Waals surface area contributed by atoms with Crippen molar-refractivity contribution in [3.63, 3.8) is 0 Å². The van der Waals surface area contributed by atoms with Gasteiger partial charge in [-0.1, -0.05) is 35.9 Å². The molecule has 0 saturated heterocycles. The summed E-state index contributed by atoms with van der Waals surface area (Å²) in [5, 5.41) is 1.49. The summed E-state index contributed by atoms with van der Waals surface area (Å²) < 4.78 is 29.8. The van der Waals surface area contributed by atoms with Gasteiger partial charge in [-0.15, -0.1) is 0 Å². The Balaban J connectivity index is 1.98. The predicted octanol–water partition coefficient (Wildman–Crippen LogP) is 3.73. The van der Waals surface area contributed by atoms with Gasteiger partial charge in [0.05, 0.1) is 0 Å². The third kappa shape index (κ3) is 3.10. The second-order valence-electron chi connectivity index (χ2n) is 5.20. The van der Waals surface area contributed by atoms with Crippen molar-refractivity contribution < 1.29 is 17.4 Å². The van der Waals surface area contributed by atoms with Gasteiger partial charge >= 0.3 is 10.1 Å². The summed E-state index contributed by atoms with van der Waals surface area (Å²) in [6.07, 6.45) is 0.770. The van der Waals surface area contributed by atoms with Crippen molar-refractivity contribution in [3.8, 4) is 5.75 Å². The van der Waals surface area contributed by atoms with Crippen LogP contribution in [0.15, 0.2) is 65.6 Å². The first-order valence-corrected chi connectivity index (χ1v) is 8.39. The zero-order valence-electron chi connectivity index (χ0n) is 12.4. The van der Waals surface area contributed by atoms with Crippen LogP contribution in [0.3, 0.4) is 0 Å². The minimum absolute atomic E-state index is 0.102. The monoisotopic (exact) mass is 326 g/mol. The summed E-state index contributed by atoms with van der Waals surface area (Å²) in [6, 6.07) is 16.5. The highest BCUT2D eigenvalue weighted by Gasteiger charge is 2.16. The number of carbonyl (C=O) groups excluding carboxylic acids is 1. The molecule has 0 fully saturated rings. The summed E-state index contributed by atoms with van der Waals surface area (Å²) in [6.45, 7) is 1.88. The Labute approximate surface area is 134 Å². The lowest BCUT2D eigenvalue weighted by atomic mass is 10.1. The van der Waals surface area contributed by atoms with Crippen LogP contribution in [0.1, 0.15) is 15.9 Å². The molecule has 23 heavy (non-hydrogen) atoms. The van der Waals surface area contributed by atoms with E-state index >= 15 is 0 Å². The van der Waals surface area contributed by atoms with Crippen LogP contribution in [-0.4, -0.2) is 14.7 Å². The molecule has 3 rings (SSSR count). The van der Waals surface area contributed by atoms with Crippen LogP contribution in [0.5, 0.6) is 5.75 Å². The fourth-order valence-corrected chi connectivity index (χ4v) is 3.24. The van der Waals surface area contributed by atoms with Crippen molar-refractivity contribution in [2.75, 3.05) is 0 Å². The highest BCUT2D eigenvalue weighted by Crippen LogP contribution is 2.25. The van der Waals surface area contributed by atoms with Gasteiger partial charge in [-0.2, -0.15) is 8.42 Å². The molecule has 0 spiro atoms. The van der Waals surface area contributed by atoms with Gasteiger partial charge in [0, 0.05) is 5.56 Å². The SMILES string of the molecule is Cc1ccc(S(=O)(=O)Oc2ccc3c(C=O)cccc3c2)cc1. The molecular weight excluding hydrogens is 312 g/mol. The second kappa shape index (κ2) is 5.85. The number of aldehydes is 1. The lowest BCUT2D eigenvalue weighted by molar-refractivity contribution is 0.112. The fraction of sp³-hybridized carbons (Fsp3) is 0.0556. The van der Waals surface area contributed by atoms with Crippen molar-refractivity contribution in [1.82, 2.24) is 0 Å². The largest absolute Gasteiger partial charge is 0.379 e. The zero-order chi connectivity index (χ0) is 16.4. The fourth-order valence-electron chi connectivity index (χ4n) is 2.32. The first kappa shape index (κ1) is 15.2. The number of hydrogen-bond donors (Lipinski definition) is 0. The molecule has 0 N–H and O–H groups in total. The maximum absolute atomic E-state index is 12.3. The molecule has 3 aromatic carbocycles. The van der Waals surface area contributed by atoms with E-state index in [2.05, 4.69) is 0 Å². The van der Waals surface area contributed by atoms with Gasteiger partial charge in [0.15, 0.2) is 6.29 Å². The molecule has 116 valence electrons. The van der Waals surface area contributed by atoms with Crippen molar-refractivity contribution in [2.45, 2.75) is 11.8 Å². The van der Waals surface area contributed by atoms with Crippen molar-refractivity contribution >= 4 is 27.2 Å². The van der Waals surface area contributed by atoms with E-state index in [1.165, 1.54) is 12.1 Å². The summed E-state index contributed by atoms with van der Waals surface area (Å²) in [4.78, 5) is 11.1. The molecule has 0 aromatic heterocycles. The second-order valence-corrected chi connectivity index (χ2v) is 6.74. The van der Waals surface area contributed by atoms with E-state index in [1.54, 1.807) is 48.5 Å². The third-order valence-corrected chi connectivity index (χ3v) is 4.79. The molecule has 0 heterocycles. The summed E-state index contributed by atoms with van der Waals surface area (Å²) in [5.41, 5.74) is 1.52. The lowest BCUT2D eigenvalue weighted by Crippen LogP contribution is -2.09. The Hall–Kier alpha value is -2.66. The van der Waals surface area contributed by atoms with Gasteiger partial charge in [-0.25, -0.2) is 0 Å². The maximum atomic E-state index is 12.3. The van der Waals surface area contributed by atoms with E-state index < -0.39 is 10.1 Å². The van der Waals surface area contributed by atoms with E-state index in [-0.39, 0.29) is 10.6 Å². The number of rotatable bonds is 4. The average Bonchev–Trinajstić information content (AvgIpc) is 2.54. The molecule has 0 aliphatic rings. The van der Waals surface area contributed by atoms with Gasteiger partial charge in [-0.3, -0.25) is 4.79 Å². The van der Waals surface area contributed by atoms with E-state index in [1.807, 2.05) is 6.92 Å². The Morgan fingerprint density at radius 2 is 1.70 bits per heavy atom. The van der Waals surface area contributed by atoms with Crippen LogP contribution in [0.25, 0.3) is 10.8 Å². The topological polar surface area (TPSA) is 60.4 Å². The summed E-state index contributed by atoms with van der Waals surface area (Å²) in [5.74, 6) is 0.209. The van der Waals surface area contributed by atoms with Gasteiger partial charge < -0.3 is 4.18 Å². The highest BCUT2D eigenvalue weighted by molar-refractivity contribution is 7.87. The summed E-state index contributed by atoms with van der Waals surface area (Å²) >= 11 is 0. The zero-order valence-corrected chi connectivity index (χ0v) is 13.2. The molecule has 0 saturated carbocycles. The van der Waals surface area contributed by atoms with E-state index in [0.717, 1.165) is 22.6 Å². The number of carbonyl (C=O) groups is 1. The van der Waals surface area contributed by atoms with Crippen LogP contribution in [0.2, 0.25) is 0 Å². The minimum Gasteiger partial charge on any atom is -0.379 e. The van der Waals surface area contributed by atoms with Crippen LogP contribution >= 0.6 is 0 Å². The number of aryl methyl sites for hydroxylation is 1. The van der Waals surface area contributed by atoms with Crippen LogP contribution in [0, 0.1) is 6.92 Å². The first-order valence-electron chi connectivity index (χ1n) is 6.99. The van der Waals surface area contributed by atoms with Crippen molar-refractivity contribution in [3.05, 3.63) is 71.8 Å². The smallest absolute Gasteiger partial charge is 0.339 e.